The minimum absolute atomic E-state index is 0.00916. The van der Waals surface area contributed by atoms with Crippen LogP contribution in [0.1, 0.15) is 38.7 Å². The number of carbonyl (C=O) groups is 1. The van der Waals surface area contributed by atoms with Gasteiger partial charge in [0.2, 0.25) is 5.91 Å². The van der Waals surface area contributed by atoms with Crippen molar-refractivity contribution < 1.29 is 9.90 Å². The molecule has 0 radical (unpaired) electrons. The third-order valence-electron chi connectivity index (χ3n) is 3.78. The minimum atomic E-state index is -0.00916. The Morgan fingerprint density at radius 2 is 1.90 bits per heavy atom. The zero-order valence-corrected chi connectivity index (χ0v) is 13.2. The molecule has 0 bridgehead atoms. The summed E-state index contributed by atoms with van der Waals surface area (Å²) >= 11 is 0. The lowest BCUT2D eigenvalue weighted by molar-refractivity contribution is -0.133. The maximum atomic E-state index is 12.4. The highest BCUT2D eigenvalue weighted by Crippen LogP contribution is 2.26. The molecule has 1 aromatic rings. The topological polar surface area (TPSA) is 66.6 Å². The summed E-state index contributed by atoms with van der Waals surface area (Å²) in [6, 6.07) is 9.87. The van der Waals surface area contributed by atoms with E-state index in [0.29, 0.717) is 26.1 Å². The first-order valence-corrected chi connectivity index (χ1v) is 7.61. The van der Waals surface area contributed by atoms with Gasteiger partial charge in [0.05, 0.1) is 6.61 Å². The van der Waals surface area contributed by atoms with Gasteiger partial charge in [0.25, 0.3) is 0 Å². The quantitative estimate of drug-likeness (QED) is 0.733. The van der Waals surface area contributed by atoms with Crippen molar-refractivity contribution in [1.29, 1.82) is 0 Å². The molecule has 0 aliphatic rings. The van der Waals surface area contributed by atoms with Gasteiger partial charge >= 0.3 is 0 Å². The van der Waals surface area contributed by atoms with Gasteiger partial charge in [0.15, 0.2) is 0 Å². The van der Waals surface area contributed by atoms with Crippen LogP contribution in [0.2, 0.25) is 0 Å². The molecule has 0 atom stereocenters. The molecule has 0 saturated heterocycles. The molecule has 1 amide bonds. The van der Waals surface area contributed by atoms with Gasteiger partial charge in [-0.3, -0.25) is 4.79 Å². The predicted molar refractivity (Wildman–Crippen MR) is 85.6 cm³/mol. The fourth-order valence-corrected chi connectivity index (χ4v) is 2.34. The van der Waals surface area contributed by atoms with Crippen LogP contribution in [0.3, 0.4) is 0 Å². The molecule has 1 aromatic carbocycles. The van der Waals surface area contributed by atoms with Gasteiger partial charge in [0, 0.05) is 19.5 Å². The van der Waals surface area contributed by atoms with Crippen molar-refractivity contribution in [2.24, 2.45) is 11.1 Å². The Kier molecular flexibility index (Phi) is 7.40. The van der Waals surface area contributed by atoms with Crippen molar-refractivity contribution >= 4 is 5.91 Å². The van der Waals surface area contributed by atoms with Crippen LogP contribution in [-0.4, -0.2) is 35.6 Å². The molecule has 4 nitrogen and oxygen atoms in total. The maximum Gasteiger partial charge on any atom is 0.222 e. The Balaban J connectivity index is 2.57. The van der Waals surface area contributed by atoms with Crippen LogP contribution in [0.4, 0.5) is 0 Å². The minimum Gasteiger partial charge on any atom is -0.395 e. The highest BCUT2D eigenvalue weighted by Gasteiger charge is 2.21. The zero-order valence-electron chi connectivity index (χ0n) is 13.2. The van der Waals surface area contributed by atoms with Crippen LogP contribution in [0, 0.1) is 5.41 Å². The molecule has 0 heterocycles. The molecule has 0 aliphatic heterocycles. The number of amides is 1. The van der Waals surface area contributed by atoms with E-state index in [1.807, 2.05) is 30.3 Å². The Morgan fingerprint density at radius 3 is 2.48 bits per heavy atom. The van der Waals surface area contributed by atoms with Gasteiger partial charge in [-0.15, -0.1) is 0 Å². The summed E-state index contributed by atoms with van der Waals surface area (Å²) in [4.78, 5) is 14.1. The lowest BCUT2D eigenvalue weighted by atomic mass is 9.84. The largest absolute Gasteiger partial charge is 0.395 e. The van der Waals surface area contributed by atoms with Gasteiger partial charge in [0.1, 0.15) is 0 Å². The number of nitrogens with zero attached hydrogens (tertiary/aromatic N) is 1. The first-order chi connectivity index (χ1) is 9.98. The van der Waals surface area contributed by atoms with Crippen LogP contribution in [-0.2, 0) is 11.3 Å². The molecule has 0 aliphatic carbocycles. The Morgan fingerprint density at radius 1 is 1.24 bits per heavy atom. The average Bonchev–Trinajstić information content (AvgIpc) is 2.45. The predicted octanol–water partition coefficient (Wildman–Crippen LogP) is 2.16. The van der Waals surface area contributed by atoms with Crippen molar-refractivity contribution in [2.45, 2.75) is 39.7 Å². The maximum absolute atomic E-state index is 12.4. The van der Waals surface area contributed by atoms with Gasteiger partial charge in [-0.05, 0) is 30.4 Å². The summed E-state index contributed by atoms with van der Waals surface area (Å²) < 4.78 is 0. The van der Waals surface area contributed by atoms with E-state index in [9.17, 15) is 4.79 Å². The summed E-state index contributed by atoms with van der Waals surface area (Å²) in [5, 5.41) is 9.17. The molecule has 4 heteroatoms. The van der Waals surface area contributed by atoms with E-state index >= 15 is 0 Å². The normalized spacial score (nSPS) is 11.4. The summed E-state index contributed by atoms with van der Waals surface area (Å²) in [5.41, 5.74) is 6.77. The van der Waals surface area contributed by atoms with Crippen LogP contribution in [0.5, 0.6) is 0 Å². The van der Waals surface area contributed by atoms with Crippen molar-refractivity contribution in [1.82, 2.24) is 4.90 Å². The number of rotatable bonds is 9. The second kappa shape index (κ2) is 8.80. The standard InChI is InChI=1S/C17H28N2O2/c1-17(2,10-11-18)9-8-16(21)19(12-13-20)14-15-6-4-3-5-7-15/h3-7,20H,8-14,18H2,1-2H3. The number of benzene rings is 1. The molecule has 0 saturated carbocycles. The summed E-state index contributed by atoms with van der Waals surface area (Å²) in [5.74, 6) is 0.0954. The van der Waals surface area contributed by atoms with Gasteiger partial charge < -0.3 is 15.7 Å². The Bertz CT molecular complexity index is 418. The van der Waals surface area contributed by atoms with Gasteiger partial charge in [-0.1, -0.05) is 44.2 Å². The Hall–Kier alpha value is -1.39. The second-order valence-electron chi connectivity index (χ2n) is 6.23. The van der Waals surface area contributed by atoms with E-state index in [2.05, 4.69) is 13.8 Å². The van der Waals surface area contributed by atoms with E-state index in [-0.39, 0.29) is 17.9 Å². The molecule has 0 spiro atoms. The second-order valence-corrected chi connectivity index (χ2v) is 6.23. The van der Waals surface area contributed by atoms with Crippen molar-refractivity contribution in [3.8, 4) is 0 Å². The van der Waals surface area contributed by atoms with E-state index < -0.39 is 0 Å². The fourth-order valence-electron chi connectivity index (χ4n) is 2.34. The molecular weight excluding hydrogens is 264 g/mol. The third kappa shape index (κ3) is 6.74. The first-order valence-electron chi connectivity index (χ1n) is 7.61. The third-order valence-corrected chi connectivity index (χ3v) is 3.78. The molecule has 3 N–H and O–H groups in total. The number of hydrogen-bond acceptors (Lipinski definition) is 3. The molecule has 0 fully saturated rings. The molecule has 0 unspecified atom stereocenters. The smallest absolute Gasteiger partial charge is 0.222 e. The van der Waals surface area contributed by atoms with Gasteiger partial charge in [-0.25, -0.2) is 0 Å². The summed E-state index contributed by atoms with van der Waals surface area (Å²) in [7, 11) is 0. The van der Waals surface area contributed by atoms with E-state index in [1.165, 1.54) is 0 Å². The summed E-state index contributed by atoms with van der Waals surface area (Å²) in [6.07, 6.45) is 2.23. The lowest BCUT2D eigenvalue weighted by Crippen LogP contribution is -2.33. The lowest BCUT2D eigenvalue weighted by Gasteiger charge is -2.26. The fraction of sp³-hybridized carbons (Fsp3) is 0.588. The van der Waals surface area contributed by atoms with E-state index in [0.717, 1.165) is 18.4 Å². The van der Waals surface area contributed by atoms with Crippen LogP contribution in [0.15, 0.2) is 30.3 Å². The number of aliphatic hydroxyl groups is 1. The Labute approximate surface area is 128 Å². The number of nitrogens with two attached hydrogens (primary N) is 1. The van der Waals surface area contributed by atoms with Gasteiger partial charge in [-0.2, -0.15) is 0 Å². The van der Waals surface area contributed by atoms with E-state index in [4.69, 9.17) is 10.8 Å². The average molecular weight is 292 g/mol. The molecule has 0 aromatic heterocycles. The monoisotopic (exact) mass is 292 g/mol. The molecule has 1 rings (SSSR count). The van der Waals surface area contributed by atoms with Crippen LogP contribution < -0.4 is 5.73 Å². The van der Waals surface area contributed by atoms with Crippen LogP contribution >= 0.6 is 0 Å². The molecule has 21 heavy (non-hydrogen) atoms. The van der Waals surface area contributed by atoms with Crippen LogP contribution in [0.25, 0.3) is 0 Å². The SMILES string of the molecule is CC(C)(CCN)CCC(=O)N(CCO)Cc1ccccc1. The number of aliphatic hydroxyl groups excluding tert-OH is 1. The highest BCUT2D eigenvalue weighted by molar-refractivity contribution is 5.76. The van der Waals surface area contributed by atoms with Crippen molar-refractivity contribution in [3.05, 3.63) is 35.9 Å². The van der Waals surface area contributed by atoms with E-state index in [1.54, 1.807) is 4.90 Å². The number of hydrogen-bond donors (Lipinski definition) is 2. The highest BCUT2D eigenvalue weighted by atomic mass is 16.3. The van der Waals surface area contributed by atoms with Crippen molar-refractivity contribution in [2.75, 3.05) is 19.7 Å². The van der Waals surface area contributed by atoms with Crippen molar-refractivity contribution in [3.63, 3.8) is 0 Å². The number of carbonyl (C=O) groups excluding carboxylic acids is 1. The summed E-state index contributed by atoms with van der Waals surface area (Å²) in [6.45, 7) is 5.85. The molecular formula is C17H28N2O2. The first kappa shape index (κ1) is 17.7. The zero-order chi connectivity index (χ0) is 15.7. The molecule has 118 valence electrons.